The Morgan fingerprint density at radius 3 is 2.22 bits per heavy atom. The third kappa shape index (κ3) is 2.88. The second kappa shape index (κ2) is 5.36. The molecule has 0 amide bonds. The van der Waals surface area contributed by atoms with Crippen molar-refractivity contribution >= 4 is 11.7 Å². The molecule has 18 heavy (non-hydrogen) atoms. The molecule has 0 spiro atoms. The van der Waals surface area contributed by atoms with E-state index < -0.39 is 12.0 Å². The number of carboxylic acid groups (broad SMARTS) is 1. The third-order valence-electron chi connectivity index (χ3n) is 2.74. The van der Waals surface area contributed by atoms with E-state index in [1.807, 2.05) is 49.4 Å². The summed E-state index contributed by atoms with van der Waals surface area (Å²) in [5.74, 6) is -0.887. The average molecular weight is 241 g/mol. The smallest absolute Gasteiger partial charge is 0.330 e. The van der Waals surface area contributed by atoms with Gasteiger partial charge in [0.25, 0.3) is 0 Å². The number of aryl methyl sites for hydroxylation is 1. The molecular formula is C15H15NO2. The van der Waals surface area contributed by atoms with E-state index in [0.717, 1.165) is 16.8 Å². The molecule has 0 saturated carbocycles. The Bertz CT molecular complexity index is 520. The van der Waals surface area contributed by atoms with E-state index in [1.165, 1.54) is 0 Å². The molecule has 92 valence electrons. The molecule has 3 nitrogen and oxygen atoms in total. The maximum Gasteiger partial charge on any atom is 0.330 e. The van der Waals surface area contributed by atoms with Crippen molar-refractivity contribution in [1.82, 2.24) is 0 Å². The topological polar surface area (TPSA) is 49.3 Å². The number of hydrogen-bond acceptors (Lipinski definition) is 2. The van der Waals surface area contributed by atoms with E-state index in [-0.39, 0.29) is 0 Å². The van der Waals surface area contributed by atoms with Crippen LogP contribution < -0.4 is 5.32 Å². The van der Waals surface area contributed by atoms with Crippen molar-refractivity contribution < 1.29 is 9.90 Å². The first-order chi connectivity index (χ1) is 8.66. The Labute approximate surface area is 106 Å². The summed E-state index contributed by atoms with van der Waals surface area (Å²) in [4.78, 5) is 11.3. The Hall–Kier alpha value is -2.29. The van der Waals surface area contributed by atoms with Crippen LogP contribution in [0.25, 0.3) is 0 Å². The van der Waals surface area contributed by atoms with Gasteiger partial charge in [-0.2, -0.15) is 0 Å². The van der Waals surface area contributed by atoms with Crippen LogP contribution in [0.15, 0.2) is 54.6 Å². The molecule has 0 aliphatic heterocycles. The molecule has 0 aliphatic carbocycles. The predicted molar refractivity (Wildman–Crippen MR) is 71.6 cm³/mol. The molecule has 2 rings (SSSR count). The number of carbonyl (C=O) groups is 1. The molecular weight excluding hydrogens is 226 g/mol. The second-order valence-corrected chi connectivity index (χ2v) is 4.19. The molecule has 1 atom stereocenters. The van der Waals surface area contributed by atoms with Crippen LogP contribution in [0.5, 0.6) is 0 Å². The number of nitrogens with one attached hydrogen (secondary N) is 1. The fourth-order valence-corrected chi connectivity index (χ4v) is 1.75. The van der Waals surface area contributed by atoms with Crippen LogP contribution in [0, 0.1) is 6.92 Å². The zero-order valence-electron chi connectivity index (χ0n) is 10.1. The van der Waals surface area contributed by atoms with Crippen LogP contribution in [-0.2, 0) is 4.79 Å². The van der Waals surface area contributed by atoms with Gasteiger partial charge in [0, 0.05) is 5.69 Å². The molecule has 2 N–H and O–H groups in total. The maximum atomic E-state index is 11.3. The lowest BCUT2D eigenvalue weighted by molar-refractivity contribution is -0.138. The van der Waals surface area contributed by atoms with Gasteiger partial charge in [0.05, 0.1) is 0 Å². The molecule has 0 aliphatic rings. The number of aliphatic carboxylic acids is 1. The first kappa shape index (κ1) is 12.2. The van der Waals surface area contributed by atoms with Crippen LogP contribution in [0.3, 0.4) is 0 Å². The zero-order valence-corrected chi connectivity index (χ0v) is 10.1. The lowest BCUT2D eigenvalue weighted by Crippen LogP contribution is -2.20. The first-order valence-electron chi connectivity index (χ1n) is 5.78. The Morgan fingerprint density at radius 2 is 1.67 bits per heavy atom. The minimum absolute atomic E-state index is 0.728. The molecule has 0 saturated heterocycles. The van der Waals surface area contributed by atoms with Crippen molar-refractivity contribution in [3.8, 4) is 0 Å². The molecule has 0 bridgehead atoms. The first-order valence-corrected chi connectivity index (χ1v) is 5.78. The van der Waals surface area contributed by atoms with E-state index in [1.54, 1.807) is 12.1 Å². The number of hydrogen-bond donors (Lipinski definition) is 2. The minimum atomic E-state index is -0.887. The van der Waals surface area contributed by atoms with Gasteiger partial charge in [-0.3, -0.25) is 0 Å². The van der Waals surface area contributed by atoms with E-state index in [4.69, 9.17) is 0 Å². The third-order valence-corrected chi connectivity index (χ3v) is 2.74. The van der Waals surface area contributed by atoms with Gasteiger partial charge < -0.3 is 10.4 Å². The van der Waals surface area contributed by atoms with Gasteiger partial charge >= 0.3 is 5.97 Å². The fourth-order valence-electron chi connectivity index (χ4n) is 1.75. The Morgan fingerprint density at radius 1 is 1.06 bits per heavy atom. The highest BCUT2D eigenvalue weighted by molar-refractivity contribution is 5.79. The summed E-state index contributed by atoms with van der Waals surface area (Å²) < 4.78 is 0. The van der Waals surface area contributed by atoms with Gasteiger partial charge in [-0.25, -0.2) is 4.79 Å². The molecule has 0 radical (unpaired) electrons. The van der Waals surface area contributed by atoms with Gasteiger partial charge in [-0.15, -0.1) is 0 Å². The van der Waals surface area contributed by atoms with E-state index >= 15 is 0 Å². The minimum Gasteiger partial charge on any atom is -0.479 e. The molecule has 3 heteroatoms. The van der Waals surface area contributed by atoms with Crippen molar-refractivity contribution in [3.63, 3.8) is 0 Å². The monoisotopic (exact) mass is 241 g/mol. The molecule has 2 aromatic carbocycles. The van der Waals surface area contributed by atoms with Gasteiger partial charge in [0.2, 0.25) is 0 Å². The maximum absolute atomic E-state index is 11.3. The highest BCUT2D eigenvalue weighted by Gasteiger charge is 2.18. The summed E-state index contributed by atoms with van der Waals surface area (Å²) in [6, 6.07) is 16.1. The number of rotatable bonds is 4. The van der Waals surface area contributed by atoms with Crippen molar-refractivity contribution in [2.24, 2.45) is 0 Å². The highest BCUT2D eigenvalue weighted by atomic mass is 16.4. The number of carboxylic acids is 1. The van der Waals surface area contributed by atoms with E-state index in [9.17, 15) is 9.90 Å². The standard InChI is InChI=1S/C15H15NO2/c1-11-7-9-13(10-8-11)16-14(15(17)18)12-5-3-2-4-6-12/h2-10,14,16H,1H3,(H,17,18)/t14-/m0/s1. The van der Waals surface area contributed by atoms with E-state index in [2.05, 4.69) is 5.32 Å². The van der Waals surface area contributed by atoms with Crippen LogP contribution >= 0.6 is 0 Å². The van der Waals surface area contributed by atoms with Crippen LogP contribution in [0.2, 0.25) is 0 Å². The van der Waals surface area contributed by atoms with E-state index in [0.29, 0.717) is 0 Å². The zero-order chi connectivity index (χ0) is 13.0. The summed E-state index contributed by atoms with van der Waals surface area (Å²) in [6.45, 7) is 2.00. The normalized spacial score (nSPS) is 11.8. The molecule has 2 aromatic rings. The summed E-state index contributed by atoms with van der Waals surface area (Å²) in [7, 11) is 0. The highest BCUT2D eigenvalue weighted by Crippen LogP contribution is 2.20. The van der Waals surface area contributed by atoms with Crippen molar-refractivity contribution in [2.45, 2.75) is 13.0 Å². The lowest BCUT2D eigenvalue weighted by atomic mass is 10.1. The number of benzene rings is 2. The van der Waals surface area contributed by atoms with Crippen LogP contribution in [-0.4, -0.2) is 11.1 Å². The molecule has 0 aromatic heterocycles. The predicted octanol–water partition coefficient (Wildman–Crippen LogP) is 3.23. The van der Waals surface area contributed by atoms with Crippen molar-refractivity contribution in [2.75, 3.05) is 5.32 Å². The molecule has 0 fully saturated rings. The summed E-state index contributed by atoms with van der Waals surface area (Å²) in [6.07, 6.45) is 0. The Kier molecular flexibility index (Phi) is 3.63. The van der Waals surface area contributed by atoms with Gasteiger partial charge in [0.1, 0.15) is 0 Å². The molecule has 0 heterocycles. The summed E-state index contributed by atoms with van der Waals surface area (Å²) in [5.41, 5.74) is 2.69. The molecule has 0 unspecified atom stereocenters. The summed E-state index contributed by atoms with van der Waals surface area (Å²) >= 11 is 0. The largest absolute Gasteiger partial charge is 0.479 e. The van der Waals surface area contributed by atoms with Crippen molar-refractivity contribution in [1.29, 1.82) is 0 Å². The Balaban J connectivity index is 2.22. The fraction of sp³-hybridized carbons (Fsp3) is 0.133. The van der Waals surface area contributed by atoms with Gasteiger partial charge in [-0.1, -0.05) is 48.0 Å². The number of anilines is 1. The summed E-state index contributed by atoms with van der Waals surface area (Å²) in [5, 5.41) is 12.3. The average Bonchev–Trinajstić information content (AvgIpc) is 2.38. The second-order valence-electron chi connectivity index (χ2n) is 4.19. The lowest BCUT2D eigenvalue weighted by Gasteiger charge is -2.16. The van der Waals surface area contributed by atoms with Crippen LogP contribution in [0.1, 0.15) is 17.2 Å². The van der Waals surface area contributed by atoms with Crippen LogP contribution in [0.4, 0.5) is 5.69 Å². The van der Waals surface area contributed by atoms with Gasteiger partial charge in [-0.05, 0) is 24.6 Å². The van der Waals surface area contributed by atoms with Gasteiger partial charge in [0.15, 0.2) is 6.04 Å². The van der Waals surface area contributed by atoms with Crippen molar-refractivity contribution in [3.05, 3.63) is 65.7 Å². The SMILES string of the molecule is Cc1ccc(N[C@H](C(=O)O)c2ccccc2)cc1. The quantitative estimate of drug-likeness (QED) is 0.864.